The van der Waals surface area contributed by atoms with Crippen LogP contribution >= 0.6 is 7.82 Å². The fourth-order valence-corrected chi connectivity index (χ4v) is 10.1. The molecular formula is C73H126NO8P. The first-order valence-corrected chi connectivity index (χ1v) is 35.5. The highest BCUT2D eigenvalue weighted by atomic mass is 31.2. The molecule has 0 saturated carbocycles. The molecule has 0 aromatic carbocycles. The Morgan fingerprint density at radius 3 is 0.988 bits per heavy atom. The second-order valence-electron chi connectivity index (χ2n) is 22.3. The van der Waals surface area contributed by atoms with Crippen molar-refractivity contribution >= 4 is 19.8 Å². The Hall–Kier alpha value is -3.59. The summed E-state index contributed by atoms with van der Waals surface area (Å²) in [6.07, 6.45) is 94.2. The summed E-state index contributed by atoms with van der Waals surface area (Å²) in [4.78, 5) is 35.3. The van der Waals surface area contributed by atoms with Crippen molar-refractivity contribution in [3.05, 3.63) is 122 Å². The lowest BCUT2D eigenvalue weighted by Crippen LogP contribution is -2.29. The monoisotopic (exact) mass is 1180 g/mol. The van der Waals surface area contributed by atoms with Crippen molar-refractivity contribution in [3.63, 3.8) is 0 Å². The molecule has 10 heteroatoms. The summed E-state index contributed by atoms with van der Waals surface area (Å²) in [6.45, 7) is 3.62. The zero-order valence-corrected chi connectivity index (χ0v) is 54.3. The predicted octanol–water partition coefficient (Wildman–Crippen LogP) is 22.3. The second-order valence-corrected chi connectivity index (χ2v) is 23.8. The van der Waals surface area contributed by atoms with Gasteiger partial charge in [-0.25, -0.2) is 4.57 Å². The largest absolute Gasteiger partial charge is 0.472 e. The molecule has 0 rings (SSSR count). The smallest absolute Gasteiger partial charge is 0.462 e. The molecule has 0 saturated heterocycles. The van der Waals surface area contributed by atoms with Crippen LogP contribution in [0.2, 0.25) is 0 Å². The average molecular weight is 1180 g/mol. The van der Waals surface area contributed by atoms with Crippen LogP contribution in [0.5, 0.6) is 0 Å². The third-order valence-corrected chi connectivity index (χ3v) is 15.3. The molecule has 0 aromatic heterocycles. The molecule has 9 nitrogen and oxygen atoms in total. The molecule has 476 valence electrons. The lowest BCUT2D eigenvalue weighted by molar-refractivity contribution is -0.161. The fraction of sp³-hybridized carbons (Fsp3) is 0.699. The number of unbranched alkanes of at least 4 members (excludes halogenated alkanes) is 30. The normalized spacial score (nSPS) is 13.7. The number of hydrogen-bond donors (Lipinski definition) is 2. The molecule has 0 aliphatic carbocycles. The molecule has 0 fully saturated rings. The minimum atomic E-state index is -4.40. The van der Waals surface area contributed by atoms with Crippen LogP contribution in [-0.4, -0.2) is 49.3 Å². The van der Waals surface area contributed by atoms with Gasteiger partial charge in [0.25, 0.3) is 0 Å². The summed E-state index contributed by atoms with van der Waals surface area (Å²) in [5.41, 5.74) is 5.40. The molecule has 2 atom stereocenters. The van der Waals surface area contributed by atoms with E-state index in [0.29, 0.717) is 6.42 Å². The van der Waals surface area contributed by atoms with Crippen molar-refractivity contribution in [1.29, 1.82) is 0 Å². The second kappa shape index (κ2) is 67.5. The van der Waals surface area contributed by atoms with Crippen molar-refractivity contribution in [1.82, 2.24) is 0 Å². The number of hydrogen-bond acceptors (Lipinski definition) is 8. The number of carbonyl (C=O) groups is 2. The lowest BCUT2D eigenvalue weighted by Gasteiger charge is -2.19. The number of rotatable bonds is 63. The van der Waals surface area contributed by atoms with Gasteiger partial charge in [-0.3, -0.25) is 18.6 Å². The van der Waals surface area contributed by atoms with Crippen LogP contribution in [0.15, 0.2) is 122 Å². The molecule has 0 heterocycles. The quantitative estimate of drug-likeness (QED) is 0.0264. The van der Waals surface area contributed by atoms with Gasteiger partial charge < -0.3 is 20.1 Å². The maximum absolute atomic E-state index is 12.8. The highest BCUT2D eigenvalue weighted by Gasteiger charge is 2.26. The van der Waals surface area contributed by atoms with E-state index in [4.69, 9.17) is 24.3 Å². The molecule has 0 amide bonds. The van der Waals surface area contributed by atoms with Crippen LogP contribution in [0.3, 0.4) is 0 Å². The van der Waals surface area contributed by atoms with Crippen LogP contribution in [0.4, 0.5) is 0 Å². The van der Waals surface area contributed by atoms with Gasteiger partial charge in [0.1, 0.15) is 6.61 Å². The van der Waals surface area contributed by atoms with Crippen molar-refractivity contribution in [2.45, 2.75) is 302 Å². The van der Waals surface area contributed by atoms with Crippen molar-refractivity contribution < 1.29 is 37.6 Å². The van der Waals surface area contributed by atoms with Gasteiger partial charge in [0.15, 0.2) is 6.10 Å². The van der Waals surface area contributed by atoms with Crippen LogP contribution in [0.1, 0.15) is 296 Å². The van der Waals surface area contributed by atoms with Gasteiger partial charge in [0, 0.05) is 19.4 Å². The number of esters is 2. The van der Waals surface area contributed by atoms with Gasteiger partial charge in [-0.05, 0) is 109 Å². The Labute approximate surface area is 511 Å². The molecule has 2 unspecified atom stereocenters. The van der Waals surface area contributed by atoms with Crippen molar-refractivity contribution in [2.24, 2.45) is 5.73 Å². The molecule has 0 radical (unpaired) electrons. The first-order chi connectivity index (χ1) is 40.8. The number of phosphoric acid groups is 1. The SMILES string of the molecule is CC/C=C\C/C=C\C/C=C\C/C=C\C/C=C\C/C=C\C/C=C\CCCCCCCCCC(=O)OC(COC(=O)CCCCCCCCCCCCCCCCCCCC/C=C\C/C=C\C/C=C\CCCCCCC)COP(=O)(O)OCCN. The minimum absolute atomic E-state index is 0.0464. The van der Waals surface area contributed by atoms with Gasteiger partial charge in [-0.2, -0.15) is 0 Å². The van der Waals surface area contributed by atoms with Gasteiger partial charge in [0.05, 0.1) is 13.2 Å². The van der Waals surface area contributed by atoms with Gasteiger partial charge in [-0.15, -0.1) is 0 Å². The first kappa shape index (κ1) is 79.4. The van der Waals surface area contributed by atoms with E-state index in [9.17, 15) is 19.0 Å². The molecule has 0 aliphatic heterocycles. The highest BCUT2D eigenvalue weighted by Crippen LogP contribution is 2.43. The van der Waals surface area contributed by atoms with Crippen LogP contribution in [0, 0.1) is 0 Å². The third-order valence-electron chi connectivity index (χ3n) is 14.3. The number of nitrogens with two attached hydrogens (primary N) is 1. The Morgan fingerprint density at radius 1 is 0.373 bits per heavy atom. The van der Waals surface area contributed by atoms with E-state index < -0.39 is 26.5 Å². The van der Waals surface area contributed by atoms with Crippen LogP contribution in [0.25, 0.3) is 0 Å². The first-order valence-electron chi connectivity index (χ1n) is 34.0. The molecular weight excluding hydrogens is 1050 g/mol. The topological polar surface area (TPSA) is 134 Å². The Balaban J connectivity index is 3.94. The zero-order valence-electron chi connectivity index (χ0n) is 53.4. The van der Waals surface area contributed by atoms with Gasteiger partial charge in [0.2, 0.25) is 0 Å². The Bertz CT molecular complexity index is 1770. The van der Waals surface area contributed by atoms with Crippen LogP contribution < -0.4 is 5.73 Å². The number of allylic oxidation sites excluding steroid dienone is 20. The summed E-state index contributed by atoms with van der Waals surface area (Å²) < 4.78 is 33.1. The van der Waals surface area contributed by atoms with E-state index in [1.54, 1.807) is 0 Å². The molecule has 3 N–H and O–H groups in total. The maximum atomic E-state index is 12.8. The van der Waals surface area contributed by atoms with E-state index in [1.807, 2.05) is 0 Å². The number of phosphoric ester groups is 1. The van der Waals surface area contributed by atoms with Gasteiger partial charge >= 0.3 is 19.8 Å². The van der Waals surface area contributed by atoms with E-state index in [2.05, 4.69) is 135 Å². The van der Waals surface area contributed by atoms with E-state index in [0.717, 1.165) is 103 Å². The molecule has 0 aliphatic rings. The molecule has 83 heavy (non-hydrogen) atoms. The average Bonchev–Trinajstić information content (AvgIpc) is 3.49. The van der Waals surface area contributed by atoms with Crippen LogP contribution in [-0.2, 0) is 32.7 Å². The standard InChI is InChI=1S/C73H126NO8P/c1-3-5-7-9-11-13-15-17-19-21-23-25-27-29-31-33-34-35-36-38-39-41-43-45-47-49-51-53-55-57-59-61-63-65-72(75)79-69-71(70-81-83(77,78)80-68-67-74)82-73(76)66-64-62-60-58-56-54-52-50-48-46-44-42-40-37-32-30-28-26-24-22-20-18-16-14-12-10-8-6-4-2/h6,8,12,14-15,17-18,20-21,23-24,26-27,29-30,32,40,42,46,48,71H,3-5,7,9-11,13,16,19,22,25,28,31,33-39,41,43-45,47,49-70,74H2,1-2H3,(H,77,78)/b8-6-,14-12-,17-15-,20-18-,23-21-,26-24-,29-27-,32-30-,42-40-,48-46-. The summed E-state index contributed by atoms with van der Waals surface area (Å²) in [5.74, 6) is -0.839. The summed E-state index contributed by atoms with van der Waals surface area (Å²) in [7, 11) is -4.40. The van der Waals surface area contributed by atoms with Crippen molar-refractivity contribution in [3.8, 4) is 0 Å². The Kier molecular flexibility index (Phi) is 64.6. The summed E-state index contributed by atoms with van der Waals surface area (Å²) >= 11 is 0. The molecule has 0 bridgehead atoms. The number of ether oxygens (including phenoxy) is 2. The highest BCUT2D eigenvalue weighted by molar-refractivity contribution is 7.47. The van der Waals surface area contributed by atoms with Gasteiger partial charge in [-0.1, -0.05) is 296 Å². The van der Waals surface area contributed by atoms with E-state index in [1.165, 1.54) is 161 Å². The fourth-order valence-electron chi connectivity index (χ4n) is 9.33. The van der Waals surface area contributed by atoms with E-state index >= 15 is 0 Å². The van der Waals surface area contributed by atoms with Crippen molar-refractivity contribution in [2.75, 3.05) is 26.4 Å². The molecule has 0 aromatic rings. The molecule has 0 spiro atoms. The maximum Gasteiger partial charge on any atom is 0.472 e. The summed E-state index contributed by atoms with van der Waals surface area (Å²) in [6, 6.07) is 0. The lowest BCUT2D eigenvalue weighted by atomic mass is 10.0. The zero-order chi connectivity index (χ0) is 60.1. The predicted molar refractivity (Wildman–Crippen MR) is 358 cm³/mol. The number of carbonyl (C=O) groups excluding carboxylic acids is 2. The van der Waals surface area contributed by atoms with E-state index in [-0.39, 0.29) is 38.6 Å². The minimum Gasteiger partial charge on any atom is -0.462 e. The third kappa shape index (κ3) is 67.4. The summed E-state index contributed by atoms with van der Waals surface area (Å²) in [5, 5.41) is 0. The Morgan fingerprint density at radius 2 is 0.663 bits per heavy atom.